The fourth-order valence-corrected chi connectivity index (χ4v) is 3.48. The van der Waals surface area contributed by atoms with Gasteiger partial charge in [-0.3, -0.25) is 14.5 Å². The highest BCUT2D eigenvalue weighted by Gasteiger charge is 2.37. The molecular formula is C19H24N4O2. The number of rotatable bonds is 7. The number of nitrogens with zero attached hydrogens (tertiary/aromatic N) is 4. The molecule has 2 aliphatic rings. The normalized spacial score (nSPS) is 23.1. The first-order valence-electron chi connectivity index (χ1n) is 9.03. The summed E-state index contributed by atoms with van der Waals surface area (Å²) in [5.74, 6) is 1.40. The molecule has 0 N–H and O–H groups in total. The monoisotopic (exact) mass is 340 g/mol. The van der Waals surface area contributed by atoms with Crippen LogP contribution in [0.15, 0.2) is 42.9 Å². The molecule has 6 nitrogen and oxygen atoms in total. The van der Waals surface area contributed by atoms with Crippen LogP contribution in [0.1, 0.15) is 24.5 Å². The Kier molecular flexibility index (Phi) is 4.78. The Morgan fingerprint density at radius 1 is 1.16 bits per heavy atom. The lowest BCUT2D eigenvalue weighted by atomic mass is 9.93. The topological polar surface area (TPSA) is 60.2 Å². The first kappa shape index (κ1) is 16.3. The number of carbonyl (C=O) groups is 1. The van der Waals surface area contributed by atoms with Gasteiger partial charge in [0.1, 0.15) is 6.54 Å². The van der Waals surface area contributed by atoms with Crippen molar-refractivity contribution in [1.82, 2.24) is 19.7 Å². The van der Waals surface area contributed by atoms with Crippen molar-refractivity contribution in [2.24, 2.45) is 11.8 Å². The number of ether oxygens (including phenoxy) is 1. The summed E-state index contributed by atoms with van der Waals surface area (Å²) in [6, 6.07) is 7.83. The molecule has 25 heavy (non-hydrogen) atoms. The third kappa shape index (κ3) is 4.07. The van der Waals surface area contributed by atoms with Crippen LogP contribution in [0, 0.1) is 11.8 Å². The Hall–Kier alpha value is -2.21. The van der Waals surface area contributed by atoms with E-state index < -0.39 is 0 Å². The van der Waals surface area contributed by atoms with Gasteiger partial charge in [0, 0.05) is 55.8 Å². The Bertz CT molecular complexity index is 685. The van der Waals surface area contributed by atoms with Crippen molar-refractivity contribution in [1.29, 1.82) is 0 Å². The molecule has 2 fully saturated rings. The van der Waals surface area contributed by atoms with Crippen LogP contribution in [0.2, 0.25) is 0 Å². The molecule has 1 saturated carbocycles. The van der Waals surface area contributed by atoms with Gasteiger partial charge >= 0.3 is 0 Å². The summed E-state index contributed by atoms with van der Waals surface area (Å²) in [6.07, 6.45) is 7.93. The maximum absolute atomic E-state index is 12.6. The molecule has 4 rings (SSSR count). The van der Waals surface area contributed by atoms with E-state index >= 15 is 0 Å². The molecule has 132 valence electrons. The van der Waals surface area contributed by atoms with Gasteiger partial charge in [-0.25, -0.2) is 0 Å². The molecule has 1 aliphatic heterocycles. The fourth-order valence-electron chi connectivity index (χ4n) is 3.48. The first-order chi connectivity index (χ1) is 12.3. The molecule has 2 aromatic heterocycles. The zero-order valence-corrected chi connectivity index (χ0v) is 14.3. The van der Waals surface area contributed by atoms with Crippen LogP contribution >= 0.6 is 0 Å². The van der Waals surface area contributed by atoms with Crippen molar-refractivity contribution in [2.45, 2.75) is 25.3 Å². The van der Waals surface area contributed by atoms with E-state index in [1.165, 1.54) is 12.8 Å². The molecule has 2 atom stereocenters. The van der Waals surface area contributed by atoms with Gasteiger partial charge in [0.25, 0.3) is 0 Å². The minimum atomic E-state index is 0.106. The van der Waals surface area contributed by atoms with Crippen LogP contribution in [-0.2, 0) is 16.1 Å². The highest BCUT2D eigenvalue weighted by atomic mass is 16.5. The van der Waals surface area contributed by atoms with Gasteiger partial charge in [0.15, 0.2) is 0 Å². The van der Waals surface area contributed by atoms with Crippen molar-refractivity contribution < 1.29 is 9.53 Å². The molecule has 0 unspecified atom stereocenters. The van der Waals surface area contributed by atoms with E-state index in [0.29, 0.717) is 19.1 Å². The molecule has 3 heterocycles. The molecule has 0 radical (unpaired) electrons. The van der Waals surface area contributed by atoms with Crippen LogP contribution in [0.3, 0.4) is 0 Å². The highest BCUT2D eigenvalue weighted by molar-refractivity contribution is 5.76. The second-order valence-corrected chi connectivity index (χ2v) is 7.10. The molecule has 2 aromatic rings. The zero-order chi connectivity index (χ0) is 17.1. The molecule has 1 saturated heterocycles. The second-order valence-electron chi connectivity index (χ2n) is 7.10. The van der Waals surface area contributed by atoms with E-state index in [0.717, 1.165) is 24.8 Å². The predicted molar refractivity (Wildman–Crippen MR) is 92.8 cm³/mol. The zero-order valence-electron chi connectivity index (χ0n) is 14.3. The summed E-state index contributed by atoms with van der Waals surface area (Å²) >= 11 is 0. The summed E-state index contributed by atoms with van der Waals surface area (Å²) in [4.78, 5) is 19.1. The minimum Gasteiger partial charge on any atom is -0.381 e. The molecular weight excluding hydrogens is 316 g/mol. The number of pyridine rings is 1. The number of aromatic nitrogens is 3. The lowest BCUT2D eigenvalue weighted by Gasteiger charge is -2.17. The number of likely N-dealkylation sites (tertiary alicyclic amines) is 1. The molecule has 1 aliphatic carbocycles. The quantitative estimate of drug-likeness (QED) is 0.773. The average Bonchev–Trinajstić information content (AvgIpc) is 3.14. The minimum absolute atomic E-state index is 0.106. The van der Waals surface area contributed by atoms with Gasteiger partial charge in [-0.2, -0.15) is 5.10 Å². The summed E-state index contributed by atoms with van der Waals surface area (Å²) in [6.45, 7) is 3.27. The SMILES string of the molecule is O=C(Cn1cccn1)N1C[C@@H](COCC2CC2)[C@H](c2ccccn2)C1. The Labute approximate surface area is 147 Å². The fraction of sp³-hybridized carbons (Fsp3) is 0.526. The van der Waals surface area contributed by atoms with Gasteiger partial charge in [-0.05, 0) is 37.0 Å². The standard InChI is InChI=1S/C19H24N4O2/c24-19(12-23-9-3-8-21-23)22-10-16(14-25-13-15-5-6-15)17(11-22)18-4-1-2-7-20-18/h1-4,7-9,15-17H,5-6,10-14H2/t16-,17+/m0/s1. The number of carbonyl (C=O) groups excluding carboxylic acids is 1. The van der Waals surface area contributed by atoms with Gasteiger partial charge in [0.2, 0.25) is 5.91 Å². The lowest BCUT2D eigenvalue weighted by Crippen LogP contribution is -2.32. The van der Waals surface area contributed by atoms with Gasteiger partial charge in [0.05, 0.1) is 6.61 Å². The molecule has 0 bridgehead atoms. The van der Waals surface area contributed by atoms with E-state index in [-0.39, 0.29) is 18.4 Å². The van der Waals surface area contributed by atoms with Gasteiger partial charge in [-0.15, -0.1) is 0 Å². The van der Waals surface area contributed by atoms with Crippen molar-refractivity contribution >= 4 is 5.91 Å². The van der Waals surface area contributed by atoms with Crippen molar-refractivity contribution in [3.63, 3.8) is 0 Å². The first-order valence-corrected chi connectivity index (χ1v) is 9.03. The Morgan fingerprint density at radius 3 is 2.80 bits per heavy atom. The molecule has 1 amide bonds. The van der Waals surface area contributed by atoms with Crippen molar-refractivity contribution in [3.05, 3.63) is 48.5 Å². The highest BCUT2D eigenvalue weighted by Crippen LogP contribution is 2.33. The maximum atomic E-state index is 12.6. The van der Waals surface area contributed by atoms with Gasteiger partial charge in [-0.1, -0.05) is 6.07 Å². The van der Waals surface area contributed by atoms with Crippen molar-refractivity contribution in [2.75, 3.05) is 26.3 Å². The van der Waals surface area contributed by atoms with E-state index in [1.54, 1.807) is 10.9 Å². The van der Waals surface area contributed by atoms with E-state index in [4.69, 9.17) is 4.74 Å². The third-order valence-corrected chi connectivity index (χ3v) is 5.10. The Balaban J connectivity index is 1.42. The van der Waals surface area contributed by atoms with Crippen LogP contribution in [-0.4, -0.2) is 51.9 Å². The average molecular weight is 340 g/mol. The third-order valence-electron chi connectivity index (χ3n) is 5.10. The van der Waals surface area contributed by atoms with Crippen LogP contribution in [0.25, 0.3) is 0 Å². The van der Waals surface area contributed by atoms with Crippen LogP contribution in [0.5, 0.6) is 0 Å². The van der Waals surface area contributed by atoms with Crippen LogP contribution < -0.4 is 0 Å². The summed E-state index contributed by atoms with van der Waals surface area (Å²) in [5.41, 5.74) is 1.05. The predicted octanol–water partition coefficient (Wildman–Crippen LogP) is 1.95. The summed E-state index contributed by atoms with van der Waals surface area (Å²) in [5, 5.41) is 4.13. The number of amides is 1. The molecule has 6 heteroatoms. The largest absolute Gasteiger partial charge is 0.381 e. The van der Waals surface area contributed by atoms with Crippen molar-refractivity contribution in [3.8, 4) is 0 Å². The number of hydrogen-bond donors (Lipinski definition) is 0. The summed E-state index contributed by atoms with van der Waals surface area (Å²) < 4.78 is 7.62. The lowest BCUT2D eigenvalue weighted by molar-refractivity contribution is -0.131. The molecule has 0 spiro atoms. The smallest absolute Gasteiger partial charge is 0.244 e. The maximum Gasteiger partial charge on any atom is 0.244 e. The Morgan fingerprint density at radius 2 is 2.08 bits per heavy atom. The van der Waals surface area contributed by atoms with E-state index in [1.807, 2.05) is 35.5 Å². The van der Waals surface area contributed by atoms with E-state index in [2.05, 4.69) is 16.1 Å². The molecule has 0 aromatic carbocycles. The second kappa shape index (κ2) is 7.35. The van der Waals surface area contributed by atoms with Crippen LogP contribution in [0.4, 0.5) is 0 Å². The summed E-state index contributed by atoms with van der Waals surface area (Å²) in [7, 11) is 0. The van der Waals surface area contributed by atoms with Gasteiger partial charge < -0.3 is 9.64 Å². The number of hydrogen-bond acceptors (Lipinski definition) is 4. The van der Waals surface area contributed by atoms with E-state index in [9.17, 15) is 4.79 Å².